The fraction of sp³-hybridized carbons (Fsp3) is 0.130. The number of thioether (sulfide) groups is 1. The molecule has 2 amide bonds. The Kier molecular flexibility index (Phi) is 7.60. The van der Waals surface area contributed by atoms with Crippen LogP contribution in [0.15, 0.2) is 76.5 Å². The van der Waals surface area contributed by atoms with Gasteiger partial charge < -0.3 is 10.6 Å². The second kappa shape index (κ2) is 10.2. The number of hydrogen-bond acceptors (Lipinski definition) is 5. The molecule has 0 saturated carbocycles. The molecule has 3 aromatic rings. The van der Waals surface area contributed by atoms with Crippen LogP contribution in [0.25, 0.3) is 0 Å². The topological polar surface area (TPSA) is 92.3 Å². The van der Waals surface area contributed by atoms with Crippen LogP contribution in [0.3, 0.4) is 0 Å². The second-order valence-corrected chi connectivity index (χ2v) is 10.6. The van der Waals surface area contributed by atoms with Crippen molar-refractivity contribution in [3.8, 4) is 0 Å². The summed E-state index contributed by atoms with van der Waals surface area (Å²) in [4.78, 5) is 26.2. The van der Waals surface area contributed by atoms with Crippen molar-refractivity contribution in [2.45, 2.75) is 16.7 Å². The molecule has 2 N–H and O–H groups in total. The SMILES string of the molecule is CCSc1ccccc1C(=O)Nc1ccc(NC(=O)c2cccc(S(C)(=O)=O)c2)c(Cl)c1. The highest BCUT2D eigenvalue weighted by Crippen LogP contribution is 2.28. The first-order chi connectivity index (χ1) is 15.2. The minimum Gasteiger partial charge on any atom is -0.322 e. The summed E-state index contributed by atoms with van der Waals surface area (Å²) in [6.45, 7) is 2.02. The van der Waals surface area contributed by atoms with Gasteiger partial charge in [0, 0.05) is 22.4 Å². The maximum atomic E-state index is 12.7. The predicted octanol–water partition coefficient (Wildman–Crippen LogP) is 5.36. The molecular weight excluding hydrogens is 468 g/mol. The predicted molar refractivity (Wildman–Crippen MR) is 130 cm³/mol. The zero-order chi connectivity index (χ0) is 23.3. The number of sulfone groups is 1. The Morgan fingerprint density at radius 1 is 0.938 bits per heavy atom. The molecule has 0 unspecified atom stereocenters. The van der Waals surface area contributed by atoms with Crippen LogP contribution >= 0.6 is 23.4 Å². The van der Waals surface area contributed by atoms with Gasteiger partial charge in [0.15, 0.2) is 9.84 Å². The quantitative estimate of drug-likeness (QED) is 0.437. The highest BCUT2D eigenvalue weighted by atomic mass is 35.5. The zero-order valence-electron chi connectivity index (χ0n) is 17.4. The van der Waals surface area contributed by atoms with Crippen LogP contribution in [0, 0.1) is 0 Å². The molecule has 9 heteroatoms. The lowest BCUT2D eigenvalue weighted by Gasteiger charge is -2.12. The van der Waals surface area contributed by atoms with Gasteiger partial charge in [0.2, 0.25) is 0 Å². The number of carbonyl (C=O) groups is 2. The van der Waals surface area contributed by atoms with Crippen LogP contribution in [0.4, 0.5) is 11.4 Å². The minimum absolute atomic E-state index is 0.0517. The van der Waals surface area contributed by atoms with E-state index in [9.17, 15) is 18.0 Å². The number of benzene rings is 3. The monoisotopic (exact) mass is 488 g/mol. The van der Waals surface area contributed by atoms with Crippen molar-refractivity contribution in [1.82, 2.24) is 0 Å². The first-order valence-electron chi connectivity index (χ1n) is 9.63. The Labute approximate surface area is 196 Å². The van der Waals surface area contributed by atoms with E-state index in [1.54, 1.807) is 36.0 Å². The molecule has 0 aliphatic heterocycles. The van der Waals surface area contributed by atoms with Crippen LogP contribution in [-0.2, 0) is 9.84 Å². The van der Waals surface area contributed by atoms with Crippen molar-refractivity contribution < 1.29 is 18.0 Å². The zero-order valence-corrected chi connectivity index (χ0v) is 19.8. The fourth-order valence-electron chi connectivity index (χ4n) is 2.89. The summed E-state index contributed by atoms with van der Waals surface area (Å²) in [6.07, 6.45) is 1.08. The van der Waals surface area contributed by atoms with Crippen LogP contribution in [0.5, 0.6) is 0 Å². The summed E-state index contributed by atoms with van der Waals surface area (Å²) in [7, 11) is -3.43. The van der Waals surface area contributed by atoms with E-state index in [0.717, 1.165) is 16.9 Å². The van der Waals surface area contributed by atoms with Crippen LogP contribution in [0.1, 0.15) is 27.6 Å². The molecule has 0 saturated heterocycles. The van der Waals surface area contributed by atoms with Crippen molar-refractivity contribution in [3.05, 3.63) is 82.9 Å². The molecule has 0 aromatic heterocycles. The summed E-state index contributed by atoms with van der Waals surface area (Å²) < 4.78 is 23.4. The van der Waals surface area contributed by atoms with Gasteiger partial charge in [-0.3, -0.25) is 9.59 Å². The van der Waals surface area contributed by atoms with Gasteiger partial charge in [-0.2, -0.15) is 0 Å². The van der Waals surface area contributed by atoms with Gasteiger partial charge in [-0.05, 0) is 54.3 Å². The minimum atomic E-state index is -3.43. The Bertz CT molecular complexity index is 1280. The number of amides is 2. The molecule has 0 fully saturated rings. The molecule has 32 heavy (non-hydrogen) atoms. The summed E-state index contributed by atoms with van der Waals surface area (Å²) in [6, 6.07) is 17.8. The first-order valence-corrected chi connectivity index (χ1v) is 12.9. The molecule has 0 heterocycles. The van der Waals surface area contributed by atoms with E-state index in [-0.39, 0.29) is 21.4 Å². The van der Waals surface area contributed by atoms with Crippen molar-refractivity contribution in [2.75, 3.05) is 22.6 Å². The van der Waals surface area contributed by atoms with E-state index in [0.29, 0.717) is 16.9 Å². The number of nitrogens with one attached hydrogen (secondary N) is 2. The molecule has 0 aliphatic rings. The first kappa shape index (κ1) is 23.8. The number of rotatable bonds is 7. The van der Waals surface area contributed by atoms with Crippen LogP contribution < -0.4 is 10.6 Å². The maximum absolute atomic E-state index is 12.7. The smallest absolute Gasteiger partial charge is 0.256 e. The Balaban J connectivity index is 1.75. The normalized spacial score (nSPS) is 11.1. The molecular formula is C23H21ClN2O4S2. The number of anilines is 2. The Morgan fingerprint density at radius 3 is 2.38 bits per heavy atom. The van der Waals surface area contributed by atoms with Crippen molar-refractivity contribution >= 4 is 56.4 Å². The average molecular weight is 489 g/mol. The summed E-state index contributed by atoms with van der Waals surface area (Å²) in [5.74, 6) is 0.0872. The molecule has 3 aromatic carbocycles. The van der Waals surface area contributed by atoms with Gasteiger partial charge in [-0.25, -0.2) is 8.42 Å². The van der Waals surface area contributed by atoms with Crippen molar-refractivity contribution in [3.63, 3.8) is 0 Å². The number of hydrogen-bond donors (Lipinski definition) is 2. The molecule has 6 nitrogen and oxygen atoms in total. The molecule has 3 rings (SSSR count). The average Bonchev–Trinajstić information content (AvgIpc) is 2.75. The summed E-state index contributed by atoms with van der Waals surface area (Å²) in [5, 5.41) is 5.71. The molecule has 0 spiro atoms. The van der Waals surface area contributed by atoms with Crippen LogP contribution in [0.2, 0.25) is 5.02 Å². The molecule has 166 valence electrons. The third kappa shape index (κ3) is 5.91. The fourth-order valence-corrected chi connectivity index (χ4v) is 4.59. The second-order valence-electron chi connectivity index (χ2n) is 6.83. The standard InChI is InChI=1S/C23H21ClN2O4S2/c1-3-31-21-10-5-4-9-18(21)23(28)25-16-11-12-20(19(24)14-16)26-22(27)15-7-6-8-17(13-15)32(2,29)30/h4-14H,3H2,1-2H3,(H,25,28)(H,26,27). The van der Waals surface area contributed by atoms with E-state index in [2.05, 4.69) is 10.6 Å². The Morgan fingerprint density at radius 2 is 1.69 bits per heavy atom. The van der Waals surface area contributed by atoms with Gasteiger partial charge >= 0.3 is 0 Å². The Hall–Kier alpha value is -2.81. The largest absolute Gasteiger partial charge is 0.322 e. The molecule has 0 aliphatic carbocycles. The van der Waals surface area contributed by atoms with E-state index in [1.807, 2.05) is 19.1 Å². The van der Waals surface area contributed by atoms with Crippen molar-refractivity contribution in [1.29, 1.82) is 0 Å². The van der Waals surface area contributed by atoms with E-state index < -0.39 is 15.7 Å². The highest BCUT2D eigenvalue weighted by Gasteiger charge is 2.15. The molecule has 0 atom stereocenters. The number of carbonyl (C=O) groups excluding carboxylic acids is 2. The van der Waals surface area contributed by atoms with E-state index in [1.165, 1.54) is 30.3 Å². The molecule has 0 bridgehead atoms. The van der Waals surface area contributed by atoms with Gasteiger partial charge in [0.05, 0.1) is 21.2 Å². The lowest BCUT2D eigenvalue weighted by molar-refractivity contribution is 0.101. The molecule has 0 radical (unpaired) electrons. The lowest BCUT2D eigenvalue weighted by atomic mass is 10.2. The van der Waals surface area contributed by atoms with Gasteiger partial charge in [-0.15, -0.1) is 11.8 Å². The maximum Gasteiger partial charge on any atom is 0.256 e. The van der Waals surface area contributed by atoms with Crippen LogP contribution in [-0.4, -0.2) is 32.2 Å². The third-order valence-electron chi connectivity index (χ3n) is 4.43. The third-order valence-corrected chi connectivity index (χ3v) is 6.81. The van der Waals surface area contributed by atoms with Crippen molar-refractivity contribution in [2.24, 2.45) is 0 Å². The van der Waals surface area contributed by atoms with Gasteiger partial charge in [0.25, 0.3) is 11.8 Å². The number of halogens is 1. The van der Waals surface area contributed by atoms with Gasteiger partial charge in [0.1, 0.15) is 0 Å². The summed E-state index contributed by atoms with van der Waals surface area (Å²) >= 11 is 7.89. The summed E-state index contributed by atoms with van der Waals surface area (Å²) in [5.41, 5.74) is 1.57. The lowest BCUT2D eigenvalue weighted by Crippen LogP contribution is -2.14. The highest BCUT2D eigenvalue weighted by molar-refractivity contribution is 7.99. The van der Waals surface area contributed by atoms with E-state index >= 15 is 0 Å². The van der Waals surface area contributed by atoms with Gasteiger partial charge in [-0.1, -0.05) is 36.7 Å². The van der Waals surface area contributed by atoms with E-state index in [4.69, 9.17) is 11.6 Å².